The molecular weight excluding hydrogens is 334 g/mol. The van der Waals surface area contributed by atoms with Gasteiger partial charge in [0.2, 0.25) is 5.75 Å². The van der Waals surface area contributed by atoms with E-state index in [9.17, 15) is 4.79 Å². The van der Waals surface area contributed by atoms with Gasteiger partial charge < -0.3 is 18.9 Å². The molecule has 1 heterocycles. The average molecular weight is 357 g/mol. The number of rotatable bonds is 6. The molecule has 0 spiro atoms. The summed E-state index contributed by atoms with van der Waals surface area (Å²) in [7, 11) is 4.53. The molecule has 6 nitrogen and oxygen atoms in total. The van der Waals surface area contributed by atoms with Crippen molar-refractivity contribution in [2.75, 3.05) is 21.3 Å². The van der Waals surface area contributed by atoms with Crippen LogP contribution in [0.1, 0.15) is 29.3 Å². The molecule has 1 saturated heterocycles. The number of benzene rings is 2. The Hall–Kier alpha value is -2.73. The number of hydrogen-bond acceptors (Lipinski definition) is 6. The fourth-order valence-corrected chi connectivity index (χ4v) is 3.26. The minimum atomic E-state index is -0.821. The third-order valence-electron chi connectivity index (χ3n) is 4.48. The lowest BCUT2D eigenvalue weighted by atomic mass is 9.87. The molecule has 0 radical (unpaired) electrons. The molecule has 1 aliphatic rings. The predicted octanol–water partition coefficient (Wildman–Crippen LogP) is 3.10. The summed E-state index contributed by atoms with van der Waals surface area (Å²) in [4.78, 5) is 12.9. The molecule has 0 aromatic heterocycles. The molecule has 0 bridgehead atoms. The molecule has 0 amide bonds. The topological polar surface area (TPSA) is 66.0 Å². The van der Waals surface area contributed by atoms with Crippen molar-refractivity contribution < 1.29 is 23.7 Å². The van der Waals surface area contributed by atoms with E-state index < -0.39 is 11.7 Å². The molecule has 1 fully saturated rings. The van der Waals surface area contributed by atoms with Gasteiger partial charge in [0.1, 0.15) is 0 Å². The summed E-state index contributed by atoms with van der Waals surface area (Å²) >= 11 is 0. The highest BCUT2D eigenvalue weighted by Crippen LogP contribution is 2.40. The van der Waals surface area contributed by atoms with Crippen LogP contribution in [0.25, 0.3) is 0 Å². The highest BCUT2D eigenvalue weighted by molar-refractivity contribution is 5.91. The van der Waals surface area contributed by atoms with Crippen molar-refractivity contribution in [3.05, 3.63) is 53.6 Å². The highest BCUT2D eigenvalue weighted by atomic mass is 16.6. The quantitative estimate of drug-likeness (QED) is 0.802. The number of carbonyl (C=O) groups is 1. The molecule has 3 rings (SSSR count). The van der Waals surface area contributed by atoms with Crippen molar-refractivity contribution in [1.29, 1.82) is 0 Å². The Bertz CT molecular complexity index is 759. The summed E-state index contributed by atoms with van der Waals surface area (Å²) < 4.78 is 21.8. The van der Waals surface area contributed by atoms with Crippen LogP contribution < -0.4 is 19.5 Å². The smallest absolute Gasteiger partial charge is 0.340 e. The first-order chi connectivity index (χ1) is 12.5. The van der Waals surface area contributed by atoms with E-state index in [4.69, 9.17) is 18.9 Å². The number of methoxy groups -OCH3 is 3. The van der Waals surface area contributed by atoms with Crippen LogP contribution in [0.15, 0.2) is 42.5 Å². The average Bonchev–Trinajstić information content (AvgIpc) is 2.65. The minimum Gasteiger partial charge on any atom is -0.493 e. The number of hydrogen-bond donors (Lipinski definition) is 1. The van der Waals surface area contributed by atoms with Gasteiger partial charge in [-0.1, -0.05) is 30.3 Å². The van der Waals surface area contributed by atoms with E-state index in [1.165, 1.54) is 21.3 Å². The third-order valence-corrected chi connectivity index (χ3v) is 4.48. The molecule has 0 aliphatic carbocycles. The van der Waals surface area contributed by atoms with Gasteiger partial charge in [0, 0.05) is 18.0 Å². The summed E-state index contributed by atoms with van der Waals surface area (Å²) in [5, 5.41) is 3.32. The minimum absolute atomic E-state index is 0.267. The van der Waals surface area contributed by atoms with Crippen LogP contribution in [0.4, 0.5) is 0 Å². The molecule has 0 saturated carbocycles. The monoisotopic (exact) mass is 357 g/mol. The molecule has 2 aromatic carbocycles. The Kier molecular flexibility index (Phi) is 5.04. The zero-order valence-corrected chi connectivity index (χ0v) is 15.4. The molecule has 1 aliphatic heterocycles. The van der Waals surface area contributed by atoms with Gasteiger partial charge in [-0.2, -0.15) is 0 Å². The third kappa shape index (κ3) is 3.20. The number of nitrogens with one attached hydrogen (secondary N) is 1. The zero-order valence-electron chi connectivity index (χ0n) is 15.4. The maximum absolute atomic E-state index is 12.9. The summed E-state index contributed by atoms with van der Waals surface area (Å²) in [5.41, 5.74) is 0.424. The normalized spacial score (nSPS) is 21.5. The van der Waals surface area contributed by atoms with Gasteiger partial charge in [0.05, 0.1) is 26.9 Å². The van der Waals surface area contributed by atoms with Gasteiger partial charge in [0.25, 0.3) is 0 Å². The highest BCUT2D eigenvalue weighted by Gasteiger charge is 2.46. The Morgan fingerprint density at radius 2 is 1.62 bits per heavy atom. The van der Waals surface area contributed by atoms with E-state index in [2.05, 4.69) is 12.2 Å². The first-order valence-electron chi connectivity index (χ1n) is 8.39. The Morgan fingerprint density at radius 3 is 2.08 bits per heavy atom. The Morgan fingerprint density at radius 1 is 1.04 bits per heavy atom. The van der Waals surface area contributed by atoms with Crippen LogP contribution in [0.2, 0.25) is 0 Å². The molecule has 2 atom stereocenters. The largest absolute Gasteiger partial charge is 0.493 e. The SMILES string of the molecule is COc1cc(C(=O)OC2(c3ccccc3)CC(C)N2)cc(OC)c1OC. The van der Waals surface area contributed by atoms with Crippen LogP contribution in [-0.4, -0.2) is 33.3 Å². The van der Waals surface area contributed by atoms with E-state index in [1.54, 1.807) is 12.1 Å². The van der Waals surface area contributed by atoms with E-state index in [0.29, 0.717) is 29.2 Å². The van der Waals surface area contributed by atoms with Gasteiger partial charge >= 0.3 is 5.97 Å². The second-order valence-corrected chi connectivity index (χ2v) is 6.25. The van der Waals surface area contributed by atoms with Crippen LogP contribution >= 0.6 is 0 Å². The summed E-state index contributed by atoms with van der Waals surface area (Å²) in [6.45, 7) is 2.05. The first kappa shape index (κ1) is 18.1. The molecule has 1 N–H and O–H groups in total. The van der Waals surface area contributed by atoms with Crippen LogP contribution in [0.3, 0.4) is 0 Å². The molecule has 6 heteroatoms. The van der Waals surface area contributed by atoms with Crippen LogP contribution in [-0.2, 0) is 10.5 Å². The number of carbonyl (C=O) groups excluding carboxylic acids is 1. The van der Waals surface area contributed by atoms with Gasteiger partial charge in [0.15, 0.2) is 17.2 Å². The molecule has 138 valence electrons. The van der Waals surface area contributed by atoms with E-state index >= 15 is 0 Å². The van der Waals surface area contributed by atoms with Crippen molar-refractivity contribution in [2.45, 2.75) is 25.1 Å². The summed E-state index contributed by atoms with van der Waals surface area (Å²) in [6, 6.07) is 13.1. The molecular formula is C20H23NO5. The lowest BCUT2D eigenvalue weighted by Crippen LogP contribution is -2.62. The molecule has 2 unspecified atom stereocenters. The fourth-order valence-electron chi connectivity index (χ4n) is 3.26. The van der Waals surface area contributed by atoms with Gasteiger partial charge in [-0.15, -0.1) is 0 Å². The predicted molar refractivity (Wildman–Crippen MR) is 96.8 cm³/mol. The van der Waals surface area contributed by atoms with Gasteiger partial charge in [-0.3, -0.25) is 5.32 Å². The zero-order chi connectivity index (χ0) is 18.7. The van der Waals surface area contributed by atoms with Crippen molar-refractivity contribution in [2.24, 2.45) is 0 Å². The number of esters is 1. The van der Waals surface area contributed by atoms with E-state index in [-0.39, 0.29) is 6.04 Å². The second-order valence-electron chi connectivity index (χ2n) is 6.25. The molecule has 26 heavy (non-hydrogen) atoms. The summed E-state index contributed by atoms with van der Waals surface area (Å²) in [5.74, 6) is 0.775. The summed E-state index contributed by atoms with van der Waals surface area (Å²) in [6.07, 6.45) is 0.702. The van der Waals surface area contributed by atoms with E-state index in [1.807, 2.05) is 30.3 Å². The van der Waals surface area contributed by atoms with Crippen LogP contribution in [0.5, 0.6) is 17.2 Å². The Labute approximate surface area is 153 Å². The van der Waals surface area contributed by atoms with E-state index in [0.717, 1.165) is 5.56 Å². The maximum atomic E-state index is 12.9. The number of ether oxygens (including phenoxy) is 4. The lowest BCUT2D eigenvalue weighted by Gasteiger charge is -2.47. The van der Waals surface area contributed by atoms with Crippen molar-refractivity contribution >= 4 is 5.97 Å². The second kappa shape index (κ2) is 7.25. The fraction of sp³-hybridized carbons (Fsp3) is 0.350. The Balaban J connectivity index is 1.92. The van der Waals surface area contributed by atoms with Gasteiger partial charge in [-0.25, -0.2) is 4.79 Å². The lowest BCUT2D eigenvalue weighted by molar-refractivity contribution is -0.103. The standard InChI is InChI=1S/C20H23NO5/c1-13-12-20(21-13,15-8-6-5-7-9-15)26-19(22)14-10-16(23-2)18(25-4)17(11-14)24-3/h5-11,13,21H,12H2,1-4H3. The van der Waals surface area contributed by atoms with Crippen molar-refractivity contribution in [3.8, 4) is 17.2 Å². The first-order valence-corrected chi connectivity index (χ1v) is 8.39. The van der Waals surface area contributed by atoms with Crippen LogP contribution in [0, 0.1) is 0 Å². The molecule has 2 aromatic rings. The maximum Gasteiger partial charge on any atom is 0.340 e. The van der Waals surface area contributed by atoms with Crippen molar-refractivity contribution in [3.63, 3.8) is 0 Å². The van der Waals surface area contributed by atoms with Gasteiger partial charge in [-0.05, 0) is 19.1 Å². The van der Waals surface area contributed by atoms with Crippen molar-refractivity contribution in [1.82, 2.24) is 5.32 Å².